The molecular formula is C41H53FN4O7. The van der Waals surface area contributed by atoms with Crippen LogP contribution in [-0.2, 0) is 14.4 Å². The Labute approximate surface area is 312 Å². The molecule has 53 heavy (non-hydrogen) atoms. The highest BCUT2D eigenvalue weighted by Crippen LogP contribution is 2.33. The van der Waals surface area contributed by atoms with Gasteiger partial charge in [-0.15, -0.1) is 0 Å². The smallest absolute Gasteiger partial charge is 0.255 e. The van der Waals surface area contributed by atoms with Crippen molar-refractivity contribution in [2.45, 2.75) is 85.0 Å². The standard InChI is InChI=1S/C41H53FN4O7/c1-25(2)19-30-24-52-35-12-10-9-11-32(35)39(48)44-33(22-38(47)46(8)34(20-26(3)4)41(50)45(30)7)40(49)43-28(6)23-51-36-18-15-29(42)21-37(36)53-31-16-13-27(5)14-17-31/h9-18,21,25-26,28,30,33-34H,19-20,22-24H2,1-8H3,(H,43,49)(H,44,48)/t28-,30-,33+,34+/m1/s1. The lowest BCUT2D eigenvalue weighted by Crippen LogP contribution is -2.55. The molecule has 0 unspecified atom stereocenters. The summed E-state index contributed by atoms with van der Waals surface area (Å²) in [5.74, 6) is -0.891. The van der Waals surface area contributed by atoms with Crippen molar-refractivity contribution >= 4 is 23.6 Å². The quantitative estimate of drug-likeness (QED) is 0.243. The van der Waals surface area contributed by atoms with E-state index in [0.717, 1.165) is 5.56 Å². The number of hydrogen-bond acceptors (Lipinski definition) is 7. The van der Waals surface area contributed by atoms with Crippen LogP contribution in [0.15, 0.2) is 66.7 Å². The minimum Gasteiger partial charge on any atom is -0.491 e. The summed E-state index contributed by atoms with van der Waals surface area (Å²) < 4.78 is 32.2. The van der Waals surface area contributed by atoms with Crippen LogP contribution in [0.25, 0.3) is 0 Å². The highest BCUT2D eigenvalue weighted by molar-refractivity contribution is 6.01. The van der Waals surface area contributed by atoms with Crippen LogP contribution in [0.1, 0.15) is 69.8 Å². The molecule has 4 amide bonds. The third-order valence-corrected chi connectivity index (χ3v) is 9.07. The minimum absolute atomic E-state index is 0.0400. The minimum atomic E-state index is -1.30. The van der Waals surface area contributed by atoms with Crippen LogP contribution >= 0.6 is 0 Å². The molecular weight excluding hydrogens is 679 g/mol. The number of nitrogens with zero attached hydrogens (tertiary/aromatic N) is 2. The van der Waals surface area contributed by atoms with Gasteiger partial charge in [0.15, 0.2) is 11.5 Å². The van der Waals surface area contributed by atoms with E-state index in [4.69, 9.17) is 14.2 Å². The van der Waals surface area contributed by atoms with Crippen molar-refractivity contribution in [3.05, 3.63) is 83.7 Å². The Balaban J connectivity index is 1.57. The largest absolute Gasteiger partial charge is 0.491 e. The second-order valence-corrected chi connectivity index (χ2v) is 14.6. The number of ether oxygens (including phenoxy) is 3. The number of fused-ring (bicyclic) bond motifs is 1. The molecule has 0 saturated heterocycles. The van der Waals surface area contributed by atoms with E-state index >= 15 is 0 Å². The predicted molar refractivity (Wildman–Crippen MR) is 201 cm³/mol. The average molecular weight is 733 g/mol. The van der Waals surface area contributed by atoms with Gasteiger partial charge < -0.3 is 34.6 Å². The molecule has 2 N–H and O–H groups in total. The number of rotatable bonds is 11. The van der Waals surface area contributed by atoms with Crippen LogP contribution in [0.2, 0.25) is 0 Å². The lowest BCUT2D eigenvalue weighted by Gasteiger charge is -2.37. The summed E-state index contributed by atoms with van der Waals surface area (Å²) in [6, 6.07) is 14.8. The monoisotopic (exact) mass is 732 g/mol. The normalized spacial score (nSPS) is 19.2. The second-order valence-electron chi connectivity index (χ2n) is 14.6. The van der Waals surface area contributed by atoms with Gasteiger partial charge in [-0.3, -0.25) is 19.2 Å². The van der Waals surface area contributed by atoms with Gasteiger partial charge in [0.25, 0.3) is 5.91 Å². The molecule has 3 aromatic rings. The van der Waals surface area contributed by atoms with Crippen LogP contribution in [0.5, 0.6) is 23.0 Å². The zero-order valence-electron chi connectivity index (χ0n) is 32.0. The molecule has 1 aliphatic rings. The lowest BCUT2D eigenvalue weighted by atomic mass is 9.98. The number of nitrogens with one attached hydrogen (secondary N) is 2. The highest BCUT2D eigenvalue weighted by atomic mass is 19.1. The SMILES string of the molecule is Cc1ccc(Oc2cc(F)ccc2OC[C@@H](C)NC(=O)[C@@H]2CC(=O)N(C)[C@@H](CC(C)C)C(=O)N(C)[C@H](CC(C)C)COc3ccccc3C(=O)N2)cc1. The number of likely N-dealkylation sites (N-methyl/N-ethyl adjacent to an activating group) is 2. The predicted octanol–water partition coefficient (Wildman–Crippen LogP) is 6.14. The van der Waals surface area contributed by atoms with E-state index in [-0.39, 0.29) is 54.1 Å². The van der Waals surface area contributed by atoms with E-state index in [1.807, 2.05) is 32.9 Å². The molecule has 0 fully saturated rings. The summed E-state index contributed by atoms with van der Waals surface area (Å²) in [5, 5.41) is 5.58. The van der Waals surface area contributed by atoms with Gasteiger partial charge in [0.1, 0.15) is 42.6 Å². The van der Waals surface area contributed by atoms with Gasteiger partial charge in [-0.1, -0.05) is 57.5 Å². The fraction of sp³-hybridized carbons (Fsp3) is 0.463. The van der Waals surface area contributed by atoms with E-state index in [0.29, 0.717) is 24.3 Å². The molecule has 4 atom stereocenters. The number of amides is 4. The molecule has 0 aliphatic carbocycles. The Morgan fingerprint density at radius 1 is 0.925 bits per heavy atom. The topological polar surface area (TPSA) is 127 Å². The molecule has 0 saturated carbocycles. The van der Waals surface area contributed by atoms with Crippen LogP contribution in [0, 0.1) is 24.6 Å². The molecule has 0 aromatic heterocycles. The van der Waals surface area contributed by atoms with Gasteiger partial charge in [0.2, 0.25) is 17.7 Å². The summed E-state index contributed by atoms with van der Waals surface area (Å²) in [6.45, 7) is 11.8. The van der Waals surface area contributed by atoms with Crippen molar-refractivity contribution in [3.63, 3.8) is 0 Å². The van der Waals surface area contributed by atoms with Gasteiger partial charge in [0, 0.05) is 20.2 Å². The number of aryl methyl sites for hydroxylation is 1. The summed E-state index contributed by atoms with van der Waals surface area (Å²) in [6.07, 6.45) is 0.646. The fourth-order valence-electron chi connectivity index (χ4n) is 6.09. The maximum absolute atomic E-state index is 14.2. The van der Waals surface area contributed by atoms with Gasteiger partial charge >= 0.3 is 0 Å². The fourth-order valence-corrected chi connectivity index (χ4v) is 6.09. The first-order valence-corrected chi connectivity index (χ1v) is 18.1. The summed E-state index contributed by atoms with van der Waals surface area (Å²) in [4.78, 5) is 58.6. The molecule has 3 aromatic carbocycles. The Hall–Kier alpha value is -5.13. The van der Waals surface area contributed by atoms with Gasteiger partial charge in [-0.2, -0.15) is 0 Å². The van der Waals surface area contributed by atoms with Gasteiger partial charge in [0.05, 0.1) is 24.1 Å². The van der Waals surface area contributed by atoms with Crippen LogP contribution in [0.4, 0.5) is 4.39 Å². The summed E-state index contributed by atoms with van der Waals surface area (Å²) in [5.41, 5.74) is 1.23. The van der Waals surface area contributed by atoms with Crippen LogP contribution in [0.3, 0.4) is 0 Å². The van der Waals surface area contributed by atoms with E-state index < -0.39 is 48.1 Å². The first-order valence-electron chi connectivity index (χ1n) is 18.1. The van der Waals surface area contributed by atoms with Gasteiger partial charge in [-0.05, 0) is 74.9 Å². The average Bonchev–Trinajstić information content (AvgIpc) is 3.11. The number of hydrogen-bond donors (Lipinski definition) is 2. The zero-order valence-corrected chi connectivity index (χ0v) is 32.0. The van der Waals surface area contributed by atoms with Crippen molar-refractivity contribution in [1.82, 2.24) is 20.4 Å². The van der Waals surface area contributed by atoms with Crippen molar-refractivity contribution in [2.75, 3.05) is 27.3 Å². The lowest BCUT2D eigenvalue weighted by molar-refractivity contribution is -0.147. The molecule has 0 bridgehead atoms. The first-order chi connectivity index (χ1) is 25.1. The third-order valence-electron chi connectivity index (χ3n) is 9.07. The Morgan fingerprint density at radius 2 is 1.60 bits per heavy atom. The molecule has 1 aliphatic heterocycles. The molecule has 0 radical (unpaired) electrons. The van der Waals surface area contributed by atoms with Crippen molar-refractivity contribution in [1.29, 1.82) is 0 Å². The van der Waals surface area contributed by atoms with E-state index in [1.54, 1.807) is 62.3 Å². The van der Waals surface area contributed by atoms with E-state index in [9.17, 15) is 23.6 Å². The number of carbonyl (C=O) groups excluding carboxylic acids is 4. The van der Waals surface area contributed by atoms with Crippen molar-refractivity contribution < 1.29 is 37.8 Å². The molecule has 286 valence electrons. The zero-order chi connectivity index (χ0) is 38.8. The number of benzene rings is 3. The van der Waals surface area contributed by atoms with Gasteiger partial charge in [-0.25, -0.2) is 4.39 Å². The Morgan fingerprint density at radius 3 is 2.28 bits per heavy atom. The number of halogens is 1. The Bertz CT molecular complexity index is 1730. The molecule has 12 heteroatoms. The van der Waals surface area contributed by atoms with Crippen LogP contribution in [-0.4, -0.2) is 84.9 Å². The highest BCUT2D eigenvalue weighted by Gasteiger charge is 2.36. The maximum Gasteiger partial charge on any atom is 0.255 e. The third kappa shape index (κ3) is 11.4. The van der Waals surface area contributed by atoms with Crippen LogP contribution < -0.4 is 24.8 Å². The molecule has 11 nitrogen and oxygen atoms in total. The van der Waals surface area contributed by atoms with E-state index in [2.05, 4.69) is 24.5 Å². The first kappa shape index (κ1) is 40.6. The maximum atomic E-state index is 14.2. The number of carbonyl (C=O) groups is 4. The summed E-state index contributed by atoms with van der Waals surface area (Å²) >= 11 is 0. The van der Waals surface area contributed by atoms with Crippen molar-refractivity contribution in [3.8, 4) is 23.0 Å². The van der Waals surface area contributed by atoms with Crippen molar-refractivity contribution in [2.24, 2.45) is 11.8 Å². The van der Waals surface area contributed by atoms with E-state index in [1.165, 1.54) is 23.1 Å². The summed E-state index contributed by atoms with van der Waals surface area (Å²) in [7, 11) is 3.28. The molecule has 1 heterocycles. The molecule has 0 spiro atoms. The second kappa shape index (κ2) is 18.6. The number of para-hydroxylation sites is 1. The molecule has 4 rings (SSSR count). The Kier molecular flexibility index (Phi) is 14.2.